The summed E-state index contributed by atoms with van der Waals surface area (Å²) in [4.78, 5) is 26.8. The number of carbonyl (C=O) groups excluding carboxylic acids is 2. The van der Waals surface area contributed by atoms with Crippen molar-refractivity contribution >= 4 is 12.1 Å². The van der Waals surface area contributed by atoms with Crippen LogP contribution in [0.15, 0.2) is 42.5 Å². The molecule has 1 amide bonds. The van der Waals surface area contributed by atoms with Crippen LogP contribution < -0.4 is 0 Å². The number of likely N-dealkylation sites (tertiary alicyclic amines) is 1. The number of carbonyl (C=O) groups is 2. The number of fused-ring (bicyclic) bond motifs is 1. The molecule has 3 rings (SSSR count). The fourth-order valence-electron chi connectivity index (χ4n) is 3.95. The van der Waals surface area contributed by atoms with Crippen LogP contribution in [0.1, 0.15) is 53.1 Å². The van der Waals surface area contributed by atoms with Crippen molar-refractivity contribution in [3.63, 3.8) is 0 Å². The molecule has 7 heteroatoms. The first-order valence-corrected chi connectivity index (χ1v) is 10.3. The molecule has 30 heavy (non-hydrogen) atoms. The maximum Gasteiger partial charge on any atom is 0.411 e. The van der Waals surface area contributed by atoms with E-state index >= 15 is 0 Å². The fraction of sp³-hybridized carbons (Fsp3) is 0.565. The van der Waals surface area contributed by atoms with E-state index in [1.54, 1.807) is 17.9 Å². The molecule has 4 atom stereocenters. The standard InChI is InChI=1S/C23H31NO6/c1-7-27-17(25)14-13-16-19-20(29-23(5,6)28-19)18(15-11-9-8-10-12-15)24(16)21(26)30-22(2,3)4/h8-14,16,18-20H,7H2,1-6H3/b14-13-/t16-,18-,19+,20-/m1/s1. The van der Waals surface area contributed by atoms with Gasteiger partial charge in [0.15, 0.2) is 5.79 Å². The molecule has 2 aliphatic heterocycles. The van der Waals surface area contributed by atoms with Crippen molar-refractivity contribution in [1.29, 1.82) is 0 Å². The highest BCUT2D eigenvalue weighted by Gasteiger charge is 2.59. The monoisotopic (exact) mass is 417 g/mol. The van der Waals surface area contributed by atoms with Crippen LogP contribution in [-0.2, 0) is 23.7 Å². The van der Waals surface area contributed by atoms with Crippen molar-refractivity contribution < 1.29 is 28.5 Å². The Balaban J connectivity index is 2.03. The average Bonchev–Trinajstić information content (AvgIpc) is 3.09. The highest BCUT2D eigenvalue weighted by molar-refractivity contribution is 5.82. The summed E-state index contributed by atoms with van der Waals surface area (Å²) >= 11 is 0. The van der Waals surface area contributed by atoms with E-state index in [1.807, 2.05) is 65.0 Å². The molecule has 1 aromatic rings. The molecule has 0 unspecified atom stereocenters. The van der Waals surface area contributed by atoms with Gasteiger partial charge in [-0.15, -0.1) is 0 Å². The molecule has 0 aromatic heterocycles. The number of esters is 1. The number of nitrogens with zero attached hydrogens (tertiary/aromatic N) is 1. The minimum Gasteiger partial charge on any atom is -0.463 e. The number of rotatable bonds is 4. The third-order valence-corrected chi connectivity index (χ3v) is 4.89. The lowest BCUT2D eigenvalue weighted by molar-refractivity contribution is -0.164. The van der Waals surface area contributed by atoms with Crippen LogP contribution in [0.3, 0.4) is 0 Å². The molecule has 0 spiro atoms. The quantitative estimate of drug-likeness (QED) is 0.545. The van der Waals surface area contributed by atoms with Crippen molar-refractivity contribution in [1.82, 2.24) is 4.90 Å². The number of ether oxygens (including phenoxy) is 4. The number of hydrogen-bond donors (Lipinski definition) is 0. The Labute approximate surface area is 177 Å². The lowest BCUT2D eigenvalue weighted by Gasteiger charge is -2.34. The fourth-order valence-corrected chi connectivity index (χ4v) is 3.95. The van der Waals surface area contributed by atoms with Gasteiger partial charge in [-0.1, -0.05) is 36.4 Å². The first kappa shape index (κ1) is 22.3. The molecule has 2 fully saturated rings. The summed E-state index contributed by atoms with van der Waals surface area (Å²) in [5.74, 6) is -1.28. The van der Waals surface area contributed by atoms with Gasteiger partial charge in [-0.3, -0.25) is 4.90 Å². The smallest absolute Gasteiger partial charge is 0.411 e. The average molecular weight is 418 g/mol. The number of hydrogen-bond acceptors (Lipinski definition) is 6. The topological polar surface area (TPSA) is 74.3 Å². The molecule has 2 saturated heterocycles. The van der Waals surface area contributed by atoms with Crippen LogP contribution in [0, 0.1) is 0 Å². The van der Waals surface area contributed by atoms with E-state index in [-0.39, 0.29) is 6.61 Å². The SMILES string of the molecule is CCOC(=O)/C=C\[C@@H]1[C@@H]2OC(C)(C)O[C@@H]2[C@@H](c2ccccc2)N1C(=O)OC(C)(C)C. The molecule has 0 N–H and O–H groups in total. The van der Waals surface area contributed by atoms with E-state index in [0.717, 1.165) is 5.56 Å². The largest absolute Gasteiger partial charge is 0.463 e. The molecular formula is C23H31NO6. The Bertz CT molecular complexity index is 798. The molecular weight excluding hydrogens is 386 g/mol. The zero-order valence-electron chi connectivity index (χ0n) is 18.5. The summed E-state index contributed by atoms with van der Waals surface area (Å²) in [5, 5.41) is 0. The summed E-state index contributed by atoms with van der Waals surface area (Å²) in [5.41, 5.74) is 0.235. The van der Waals surface area contributed by atoms with Gasteiger partial charge < -0.3 is 18.9 Å². The Hall–Kier alpha value is -2.38. The number of amides is 1. The summed E-state index contributed by atoms with van der Waals surface area (Å²) < 4.78 is 23.1. The first-order valence-electron chi connectivity index (χ1n) is 10.3. The van der Waals surface area contributed by atoms with E-state index in [2.05, 4.69) is 0 Å². The second-order valence-corrected chi connectivity index (χ2v) is 8.91. The van der Waals surface area contributed by atoms with Gasteiger partial charge in [0.2, 0.25) is 0 Å². The Morgan fingerprint density at radius 3 is 2.37 bits per heavy atom. The molecule has 0 bridgehead atoms. The van der Waals surface area contributed by atoms with Gasteiger partial charge in [-0.2, -0.15) is 0 Å². The van der Waals surface area contributed by atoms with Gasteiger partial charge in [0.25, 0.3) is 0 Å². The molecule has 164 valence electrons. The summed E-state index contributed by atoms with van der Waals surface area (Å²) in [6.07, 6.45) is 1.63. The Morgan fingerprint density at radius 1 is 1.13 bits per heavy atom. The van der Waals surface area contributed by atoms with Gasteiger partial charge in [-0.25, -0.2) is 9.59 Å². The number of benzene rings is 1. The molecule has 1 aromatic carbocycles. The lowest BCUT2D eigenvalue weighted by atomic mass is 10.0. The van der Waals surface area contributed by atoms with E-state index in [4.69, 9.17) is 18.9 Å². The first-order chi connectivity index (χ1) is 14.0. The van der Waals surface area contributed by atoms with Crippen LogP contribution in [-0.4, -0.2) is 53.2 Å². The van der Waals surface area contributed by atoms with Crippen LogP contribution in [0.4, 0.5) is 4.79 Å². The van der Waals surface area contributed by atoms with E-state index in [1.165, 1.54) is 6.08 Å². The minimum atomic E-state index is -0.807. The zero-order valence-corrected chi connectivity index (χ0v) is 18.5. The normalized spacial score (nSPS) is 27.9. The third-order valence-electron chi connectivity index (χ3n) is 4.89. The van der Waals surface area contributed by atoms with E-state index < -0.39 is 47.7 Å². The predicted octanol–water partition coefficient (Wildman–Crippen LogP) is 3.99. The molecule has 0 radical (unpaired) electrons. The van der Waals surface area contributed by atoms with Crippen LogP contribution in [0.2, 0.25) is 0 Å². The molecule has 0 saturated carbocycles. The Kier molecular flexibility index (Phi) is 6.24. The van der Waals surface area contributed by atoms with Gasteiger partial charge >= 0.3 is 12.1 Å². The molecule has 7 nitrogen and oxygen atoms in total. The Morgan fingerprint density at radius 2 is 1.77 bits per heavy atom. The van der Waals surface area contributed by atoms with Crippen molar-refractivity contribution in [2.45, 2.75) is 77.2 Å². The molecule has 0 aliphatic carbocycles. The van der Waals surface area contributed by atoms with Gasteiger partial charge in [0, 0.05) is 6.08 Å². The van der Waals surface area contributed by atoms with Crippen LogP contribution in [0.5, 0.6) is 0 Å². The lowest BCUT2D eigenvalue weighted by Crippen LogP contribution is -2.44. The van der Waals surface area contributed by atoms with Crippen molar-refractivity contribution in [2.24, 2.45) is 0 Å². The summed E-state index contributed by atoms with van der Waals surface area (Å²) in [6.45, 7) is 11.2. The maximum absolute atomic E-state index is 13.3. The van der Waals surface area contributed by atoms with Crippen LogP contribution >= 0.6 is 0 Å². The van der Waals surface area contributed by atoms with Crippen molar-refractivity contribution in [3.05, 3.63) is 48.0 Å². The van der Waals surface area contributed by atoms with Gasteiger partial charge in [-0.05, 0) is 47.1 Å². The third kappa shape index (κ3) is 4.84. The van der Waals surface area contributed by atoms with Crippen molar-refractivity contribution in [2.75, 3.05) is 6.61 Å². The van der Waals surface area contributed by atoms with Crippen LogP contribution in [0.25, 0.3) is 0 Å². The minimum absolute atomic E-state index is 0.273. The predicted molar refractivity (Wildman–Crippen MR) is 111 cm³/mol. The van der Waals surface area contributed by atoms with Gasteiger partial charge in [0.05, 0.1) is 18.7 Å². The van der Waals surface area contributed by atoms with E-state index in [9.17, 15) is 9.59 Å². The second-order valence-electron chi connectivity index (χ2n) is 8.91. The zero-order chi connectivity index (χ0) is 22.1. The highest BCUT2D eigenvalue weighted by atomic mass is 16.8. The summed E-state index contributed by atoms with van der Waals surface area (Å²) in [7, 11) is 0. The highest BCUT2D eigenvalue weighted by Crippen LogP contribution is 2.48. The maximum atomic E-state index is 13.3. The second kappa shape index (κ2) is 8.40. The molecule has 2 aliphatic rings. The van der Waals surface area contributed by atoms with Crippen molar-refractivity contribution in [3.8, 4) is 0 Å². The van der Waals surface area contributed by atoms with Gasteiger partial charge in [0.1, 0.15) is 17.8 Å². The van der Waals surface area contributed by atoms with E-state index in [0.29, 0.717) is 0 Å². The molecule has 2 heterocycles. The summed E-state index contributed by atoms with van der Waals surface area (Å²) in [6, 6.07) is 8.67.